The summed E-state index contributed by atoms with van der Waals surface area (Å²) in [5.74, 6) is 1.78. The van der Waals surface area contributed by atoms with Crippen LogP contribution in [0.5, 0.6) is 0 Å². The van der Waals surface area contributed by atoms with Crippen molar-refractivity contribution in [3.63, 3.8) is 0 Å². The smallest absolute Gasteiger partial charge is 0.164 e. The zero-order valence-corrected chi connectivity index (χ0v) is 40.3. The first-order valence-electron chi connectivity index (χ1n) is 22.6. The van der Waals surface area contributed by atoms with Gasteiger partial charge in [0, 0.05) is 27.5 Å². The van der Waals surface area contributed by atoms with Crippen LogP contribution in [0.4, 0.5) is 0 Å². The largest absolute Gasteiger partial charge is 0.456 e. The van der Waals surface area contributed by atoms with Gasteiger partial charge in [-0.3, -0.25) is 0 Å². The van der Waals surface area contributed by atoms with Gasteiger partial charge in [-0.2, -0.15) is 5.26 Å². The Balaban J connectivity index is 1.23. The number of fused-ring (bicyclic) bond motifs is 3. The summed E-state index contributed by atoms with van der Waals surface area (Å²) in [6.45, 7) is 0. The number of aromatic nitrogens is 3. The summed E-state index contributed by atoms with van der Waals surface area (Å²) < 4.78 is 6.78. The minimum absolute atomic E-state index is 0.569. The van der Waals surface area contributed by atoms with E-state index in [0.717, 1.165) is 60.7 Å². The van der Waals surface area contributed by atoms with E-state index in [1.807, 2.05) is 36.4 Å². The molecule has 9 rings (SSSR count). The maximum absolute atomic E-state index is 9.63. The molecule has 0 amide bonds. The fourth-order valence-electron chi connectivity index (χ4n) is 10.3. The summed E-state index contributed by atoms with van der Waals surface area (Å²) in [5.41, 5.74) is 30.2. The molecule has 9 aromatic rings. The van der Waals surface area contributed by atoms with E-state index in [2.05, 4.69) is 164 Å². The van der Waals surface area contributed by atoms with Crippen molar-refractivity contribution in [1.29, 1.82) is 5.26 Å². The van der Waals surface area contributed by atoms with Crippen LogP contribution in [0.15, 0.2) is 89.3 Å². The summed E-state index contributed by atoms with van der Waals surface area (Å²) in [5, 5.41) is 11.8. The normalized spacial score (nSPS) is 11.3. The van der Waals surface area contributed by atoms with E-state index in [4.69, 9.17) is 19.4 Å². The second-order valence-corrected chi connectivity index (χ2v) is 18.3. The van der Waals surface area contributed by atoms with Gasteiger partial charge in [0.05, 0.1) is 11.6 Å². The Bertz CT molecular complexity index is 3500. The molecule has 0 aliphatic rings. The van der Waals surface area contributed by atoms with Gasteiger partial charge in [0.15, 0.2) is 17.5 Å². The standard InChI is InChI=1S/C46H42B14N4O/c47-30-26(31(48)33(50)27(32(30)49)28-34(51)38(55)42(59)39(56)35(28)52)22-8-3-9-23-25(22)21-11-10-20(14-24(21)65-23)45-62-44(19-7-2-6-18(13-19)17-5-1-4-16(12-17)15-61)63-46(64-45)29-36(53)40(57)43(60)41(58)37(29)54/h1-14H,47-60H2. The van der Waals surface area contributed by atoms with Crippen LogP contribution in [-0.4, -0.2) is 125 Å². The lowest BCUT2D eigenvalue weighted by molar-refractivity contribution is 0.669. The minimum atomic E-state index is 0.569. The maximum Gasteiger partial charge on any atom is 0.164 e. The highest BCUT2D eigenvalue weighted by Crippen LogP contribution is 2.37. The SMILES string of the molecule is Bc1c(B)c(B)c(-c2nc(-c3cccc(-c4cccc(C#N)c4)c3)nc(-c3ccc4c(c3)oc3cccc(-c5c(B)c(B)c(-c6c(B)c(B)c(B)c(B)c6B)c(B)c5B)c34)n2)c(B)c1B. The third-order valence-electron chi connectivity index (χ3n) is 15.2. The molecule has 0 spiro atoms. The van der Waals surface area contributed by atoms with Gasteiger partial charge in [0.25, 0.3) is 0 Å². The second-order valence-electron chi connectivity index (χ2n) is 18.3. The third-order valence-corrected chi connectivity index (χ3v) is 15.2. The van der Waals surface area contributed by atoms with E-state index in [0.29, 0.717) is 23.0 Å². The average molecular weight is 818 g/mol. The number of furan rings is 1. The number of nitriles is 1. The molecule has 0 unspecified atom stereocenters. The van der Waals surface area contributed by atoms with Crippen molar-refractivity contribution in [3.8, 4) is 73.6 Å². The molecule has 0 saturated heterocycles. The summed E-state index contributed by atoms with van der Waals surface area (Å²) in [6.07, 6.45) is 0. The summed E-state index contributed by atoms with van der Waals surface area (Å²) in [6, 6.07) is 31.0. The predicted molar refractivity (Wildman–Crippen MR) is 319 cm³/mol. The van der Waals surface area contributed by atoms with Gasteiger partial charge in [-0.25, -0.2) is 15.0 Å². The number of rotatable bonds is 6. The third kappa shape index (κ3) is 7.12. The molecule has 19 heteroatoms. The maximum atomic E-state index is 9.63. The first-order valence-corrected chi connectivity index (χ1v) is 22.6. The van der Waals surface area contributed by atoms with Crippen molar-refractivity contribution in [2.75, 3.05) is 0 Å². The molecule has 0 bridgehead atoms. The topological polar surface area (TPSA) is 75.6 Å². The lowest BCUT2D eigenvalue weighted by Crippen LogP contribution is -2.57. The Morgan fingerprint density at radius 2 is 0.800 bits per heavy atom. The van der Waals surface area contributed by atoms with Crippen molar-refractivity contribution in [2.45, 2.75) is 0 Å². The van der Waals surface area contributed by atoms with E-state index in [-0.39, 0.29) is 0 Å². The number of hydrogen-bond acceptors (Lipinski definition) is 5. The molecule has 0 N–H and O–H groups in total. The monoisotopic (exact) mass is 820 g/mol. The van der Waals surface area contributed by atoms with Crippen LogP contribution in [0.2, 0.25) is 0 Å². The van der Waals surface area contributed by atoms with Gasteiger partial charge in [0.2, 0.25) is 0 Å². The van der Waals surface area contributed by atoms with Crippen LogP contribution < -0.4 is 76.5 Å². The van der Waals surface area contributed by atoms with E-state index < -0.39 is 0 Å². The summed E-state index contributed by atoms with van der Waals surface area (Å²) in [7, 11) is 31.4. The highest BCUT2D eigenvalue weighted by Gasteiger charge is 2.24. The van der Waals surface area contributed by atoms with Crippen LogP contribution in [0, 0.1) is 11.3 Å². The van der Waals surface area contributed by atoms with Crippen molar-refractivity contribution in [2.24, 2.45) is 0 Å². The lowest BCUT2D eigenvalue weighted by atomic mass is 9.56. The quantitative estimate of drug-likeness (QED) is 0.156. The molecule has 5 nitrogen and oxygen atoms in total. The minimum Gasteiger partial charge on any atom is -0.456 e. The van der Waals surface area contributed by atoms with Crippen LogP contribution in [0.1, 0.15) is 5.56 Å². The van der Waals surface area contributed by atoms with Crippen LogP contribution >= 0.6 is 0 Å². The van der Waals surface area contributed by atoms with Gasteiger partial charge >= 0.3 is 0 Å². The molecular weight excluding hydrogens is 776 g/mol. The van der Waals surface area contributed by atoms with Crippen molar-refractivity contribution >= 4 is 208 Å². The molecule has 0 atom stereocenters. The fourth-order valence-corrected chi connectivity index (χ4v) is 10.3. The Labute approximate surface area is 394 Å². The number of nitrogens with zero attached hydrogens (tertiary/aromatic N) is 4. The van der Waals surface area contributed by atoms with E-state index >= 15 is 0 Å². The van der Waals surface area contributed by atoms with E-state index in [1.54, 1.807) is 0 Å². The molecule has 0 saturated carbocycles. The van der Waals surface area contributed by atoms with Gasteiger partial charge in [-0.05, 0) is 69.8 Å². The Morgan fingerprint density at radius 3 is 1.37 bits per heavy atom. The van der Waals surface area contributed by atoms with Crippen molar-refractivity contribution in [3.05, 3.63) is 90.5 Å². The molecule has 2 aromatic heterocycles. The van der Waals surface area contributed by atoms with E-state index in [9.17, 15) is 5.26 Å². The zero-order chi connectivity index (χ0) is 46.3. The van der Waals surface area contributed by atoms with Gasteiger partial charge < -0.3 is 4.42 Å². The fraction of sp³-hybridized carbons (Fsp3) is 0. The number of hydrogen-bond donors (Lipinski definition) is 0. The van der Waals surface area contributed by atoms with Crippen LogP contribution in [0.3, 0.4) is 0 Å². The number of benzene rings is 7. The Morgan fingerprint density at radius 1 is 0.369 bits per heavy atom. The highest BCUT2D eigenvalue weighted by atomic mass is 16.3. The lowest BCUT2D eigenvalue weighted by Gasteiger charge is -2.27. The predicted octanol–water partition coefficient (Wildman–Crippen LogP) is -12.7. The highest BCUT2D eigenvalue weighted by molar-refractivity contribution is 6.71. The molecule has 2 heterocycles. The Hall–Kier alpha value is -6.25. The van der Waals surface area contributed by atoms with Crippen LogP contribution in [-0.2, 0) is 0 Å². The summed E-state index contributed by atoms with van der Waals surface area (Å²) in [4.78, 5) is 15.7. The first-order chi connectivity index (χ1) is 31.0. The molecule has 294 valence electrons. The molecular formula is C46H42B14N4O. The van der Waals surface area contributed by atoms with Gasteiger partial charge in [0.1, 0.15) is 121 Å². The zero-order valence-electron chi connectivity index (χ0n) is 40.3. The van der Waals surface area contributed by atoms with E-state index in [1.165, 1.54) is 87.8 Å². The van der Waals surface area contributed by atoms with Gasteiger partial charge in [-0.15, -0.1) is 32.8 Å². The first kappa shape index (κ1) is 44.0. The molecule has 7 aromatic carbocycles. The second kappa shape index (κ2) is 16.6. The van der Waals surface area contributed by atoms with Crippen LogP contribution in [0.25, 0.3) is 89.5 Å². The summed E-state index contributed by atoms with van der Waals surface area (Å²) >= 11 is 0. The average Bonchev–Trinajstić information content (AvgIpc) is 3.70. The molecule has 0 aliphatic heterocycles. The van der Waals surface area contributed by atoms with Crippen molar-refractivity contribution in [1.82, 2.24) is 15.0 Å². The Kier molecular flexibility index (Phi) is 11.3. The van der Waals surface area contributed by atoms with Gasteiger partial charge in [-0.1, -0.05) is 92.2 Å². The molecule has 65 heavy (non-hydrogen) atoms. The van der Waals surface area contributed by atoms with Crippen molar-refractivity contribution < 1.29 is 4.42 Å². The molecule has 0 radical (unpaired) electrons. The molecule has 0 fully saturated rings. The molecule has 0 aliphatic carbocycles.